The molecular formula is C9H16N4O2S. The summed E-state index contributed by atoms with van der Waals surface area (Å²) in [6.45, 7) is 2.43. The van der Waals surface area contributed by atoms with Crippen molar-refractivity contribution in [2.45, 2.75) is 12.2 Å². The summed E-state index contributed by atoms with van der Waals surface area (Å²) in [6, 6.07) is 0. The van der Waals surface area contributed by atoms with Gasteiger partial charge in [-0.25, -0.2) is 9.97 Å². The first-order chi connectivity index (χ1) is 7.56. The number of nitrogen functional groups attached to an aromatic ring is 1. The van der Waals surface area contributed by atoms with Crippen LogP contribution in [0, 0.1) is 0 Å². The number of hydrogen-bond donors (Lipinski definition) is 2. The normalized spacial score (nSPS) is 14.2. The van der Waals surface area contributed by atoms with E-state index in [0.717, 1.165) is 0 Å². The Hall–Kier alpha value is -1.37. The van der Waals surface area contributed by atoms with Crippen molar-refractivity contribution >= 4 is 22.4 Å². The minimum Gasteiger partial charge on any atom is -0.490 e. The van der Waals surface area contributed by atoms with E-state index in [9.17, 15) is 4.21 Å². The average Bonchev–Trinajstić information content (AvgIpc) is 2.25. The fourth-order valence-corrected chi connectivity index (χ4v) is 1.39. The quantitative estimate of drug-likeness (QED) is 0.771. The zero-order valence-electron chi connectivity index (χ0n) is 9.56. The number of nitrogens with zero attached hydrogens (tertiary/aromatic N) is 2. The van der Waals surface area contributed by atoms with Crippen LogP contribution < -0.4 is 15.8 Å². The Morgan fingerprint density at radius 1 is 1.62 bits per heavy atom. The molecule has 90 valence electrons. The largest absolute Gasteiger partial charge is 0.490 e. The van der Waals surface area contributed by atoms with Crippen LogP contribution in [-0.4, -0.2) is 39.3 Å². The van der Waals surface area contributed by atoms with Gasteiger partial charge in [-0.3, -0.25) is 4.21 Å². The Kier molecular flexibility index (Phi) is 4.48. The predicted octanol–water partition coefficient (Wildman–Crippen LogP) is 0.246. The van der Waals surface area contributed by atoms with Crippen LogP contribution in [0.1, 0.15) is 6.92 Å². The molecule has 0 saturated carbocycles. The van der Waals surface area contributed by atoms with Gasteiger partial charge in [0.05, 0.1) is 7.11 Å². The van der Waals surface area contributed by atoms with Crippen molar-refractivity contribution in [3.63, 3.8) is 0 Å². The Morgan fingerprint density at radius 3 is 2.88 bits per heavy atom. The molecule has 0 saturated heterocycles. The lowest BCUT2D eigenvalue weighted by molar-refractivity contribution is 0.415. The predicted molar refractivity (Wildman–Crippen MR) is 65.0 cm³/mol. The van der Waals surface area contributed by atoms with Crippen LogP contribution in [-0.2, 0) is 10.8 Å². The Balaban J connectivity index is 2.74. The smallest absolute Gasteiger partial charge is 0.203 e. The van der Waals surface area contributed by atoms with E-state index in [1.54, 1.807) is 6.26 Å². The average molecular weight is 244 g/mol. The van der Waals surface area contributed by atoms with Crippen molar-refractivity contribution in [2.24, 2.45) is 0 Å². The van der Waals surface area contributed by atoms with Crippen molar-refractivity contribution < 1.29 is 8.95 Å². The van der Waals surface area contributed by atoms with Crippen LogP contribution in [0.25, 0.3) is 0 Å². The number of hydrogen-bond acceptors (Lipinski definition) is 6. The number of aromatic nitrogens is 2. The maximum absolute atomic E-state index is 11.2. The second-order valence-corrected chi connectivity index (χ2v) is 5.13. The molecule has 7 heteroatoms. The minimum atomic E-state index is -0.876. The minimum absolute atomic E-state index is 0.0286. The zero-order chi connectivity index (χ0) is 12.1. The lowest BCUT2D eigenvalue weighted by atomic mass is 10.4. The summed E-state index contributed by atoms with van der Waals surface area (Å²) in [5.41, 5.74) is 5.62. The molecule has 1 aromatic heterocycles. The third-order valence-corrected chi connectivity index (χ3v) is 3.46. The summed E-state index contributed by atoms with van der Waals surface area (Å²) < 4.78 is 16.2. The summed E-state index contributed by atoms with van der Waals surface area (Å²) >= 11 is 0. The molecule has 0 aliphatic carbocycles. The first-order valence-corrected chi connectivity index (χ1v) is 6.39. The molecule has 16 heavy (non-hydrogen) atoms. The fraction of sp³-hybridized carbons (Fsp3) is 0.556. The highest BCUT2D eigenvalue weighted by Gasteiger charge is 2.11. The highest BCUT2D eigenvalue weighted by atomic mass is 32.2. The highest BCUT2D eigenvalue weighted by molar-refractivity contribution is 7.84. The second kappa shape index (κ2) is 5.64. The molecular weight excluding hydrogens is 228 g/mol. The maximum atomic E-state index is 11.2. The van der Waals surface area contributed by atoms with Gasteiger partial charge in [0.2, 0.25) is 5.75 Å². The van der Waals surface area contributed by atoms with Crippen LogP contribution in [0.3, 0.4) is 0 Å². The van der Waals surface area contributed by atoms with Crippen LogP contribution >= 0.6 is 0 Å². The number of nitrogens with one attached hydrogen (secondary N) is 1. The molecule has 2 atom stereocenters. The first kappa shape index (κ1) is 12.7. The van der Waals surface area contributed by atoms with Gasteiger partial charge < -0.3 is 15.8 Å². The monoisotopic (exact) mass is 244 g/mol. The van der Waals surface area contributed by atoms with Gasteiger partial charge in [0, 0.05) is 28.9 Å². The van der Waals surface area contributed by atoms with Crippen molar-refractivity contribution in [3.8, 4) is 5.75 Å². The topological polar surface area (TPSA) is 90.1 Å². The third kappa shape index (κ3) is 3.06. The van der Waals surface area contributed by atoms with Crippen molar-refractivity contribution in [3.05, 3.63) is 6.33 Å². The molecule has 0 aliphatic rings. The van der Waals surface area contributed by atoms with Gasteiger partial charge in [-0.05, 0) is 6.92 Å². The highest BCUT2D eigenvalue weighted by Crippen LogP contribution is 2.25. The van der Waals surface area contributed by atoms with E-state index in [4.69, 9.17) is 10.5 Å². The van der Waals surface area contributed by atoms with Gasteiger partial charge in [0.1, 0.15) is 6.33 Å². The Labute approximate surface area is 97.1 Å². The number of anilines is 2. The summed E-state index contributed by atoms with van der Waals surface area (Å²) in [7, 11) is 0.626. The van der Waals surface area contributed by atoms with Gasteiger partial charge in [0.15, 0.2) is 11.6 Å². The van der Waals surface area contributed by atoms with E-state index in [2.05, 4.69) is 15.3 Å². The first-order valence-electron chi connectivity index (χ1n) is 4.76. The molecule has 0 radical (unpaired) electrons. The molecule has 0 fully saturated rings. The van der Waals surface area contributed by atoms with Gasteiger partial charge in [0.25, 0.3) is 0 Å². The lowest BCUT2D eigenvalue weighted by Crippen LogP contribution is -2.21. The van der Waals surface area contributed by atoms with Crippen LogP contribution in [0.5, 0.6) is 5.75 Å². The summed E-state index contributed by atoms with van der Waals surface area (Å²) in [6.07, 6.45) is 3.02. The Morgan fingerprint density at radius 2 is 2.31 bits per heavy atom. The van der Waals surface area contributed by atoms with Crippen molar-refractivity contribution in [1.29, 1.82) is 0 Å². The van der Waals surface area contributed by atoms with E-state index in [0.29, 0.717) is 18.1 Å². The SMILES string of the molecule is COc1c(N)ncnc1NCC(C)S(C)=O. The standard InChI is InChI=1S/C9H16N4O2S/c1-6(16(3)14)4-11-9-7(15-2)8(10)12-5-13-9/h5-6H,4H2,1-3H3,(H3,10,11,12,13). The van der Waals surface area contributed by atoms with E-state index < -0.39 is 10.8 Å². The van der Waals surface area contributed by atoms with E-state index in [-0.39, 0.29) is 11.1 Å². The van der Waals surface area contributed by atoms with E-state index in [1.807, 2.05) is 6.92 Å². The summed E-state index contributed by atoms with van der Waals surface area (Å²) in [5.74, 6) is 1.22. The third-order valence-electron chi connectivity index (χ3n) is 2.16. The van der Waals surface area contributed by atoms with Gasteiger partial charge >= 0.3 is 0 Å². The number of ether oxygens (including phenoxy) is 1. The summed E-state index contributed by atoms with van der Waals surface area (Å²) in [5, 5.41) is 3.07. The number of nitrogens with two attached hydrogens (primary N) is 1. The summed E-state index contributed by atoms with van der Waals surface area (Å²) in [4.78, 5) is 7.83. The van der Waals surface area contributed by atoms with Crippen molar-refractivity contribution in [1.82, 2.24) is 9.97 Å². The van der Waals surface area contributed by atoms with Gasteiger partial charge in [-0.15, -0.1) is 0 Å². The fourth-order valence-electron chi connectivity index (χ4n) is 1.07. The van der Waals surface area contributed by atoms with Gasteiger partial charge in [-0.1, -0.05) is 0 Å². The molecule has 3 N–H and O–H groups in total. The second-order valence-electron chi connectivity index (χ2n) is 3.33. The molecule has 0 spiro atoms. The molecule has 1 heterocycles. The zero-order valence-corrected chi connectivity index (χ0v) is 10.4. The molecule has 2 unspecified atom stereocenters. The van der Waals surface area contributed by atoms with E-state index >= 15 is 0 Å². The van der Waals surface area contributed by atoms with Crippen LogP contribution in [0.4, 0.5) is 11.6 Å². The Bertz CT molecular complexity index is 386. The lowest BCUT2D eigenvalue weighted by Gasteiger charge is -2.13. The molecule has 0 aromatic carbocycles. The maximum Gasteiger partial charge on any atom is 0.203 e. The molecule has 6 nitrogen and oxygen atoms in total. The van der Waals surface area contributed by atoms with Crippen LogP contribution in [0.2, 0.25) is 0 Å². The molecule has 1 aromatic rings. The number of methoxy groups -OCH3 is 1. The number of rotatable bonds is 5. The van der Waals surface area contributed by atoms with Gasteiger partial charge in [-0.2, -0.15) is 0 Å². The molecule has 0 aliphatic heterocycles. The molecule has 0 amide bonds. The van der Waals surface area contributed by atoms with Crippen LogP contribution in [0.15, 0.2) is 6.33 Å². The van der Waals surface area contributed by atoms with Crippen molar-refractivity contribution in [2.75, 3.05) is 31.0 Å². The molecule has 0 bridgehead atoms. The van der Waals surface area contributed by atoms with E-state index in [1.165, 1.54) is 13.4 Å². The molecule has 1 rings (SSSR count).